The molecular weight excluding hydrogens is 176 g/mol. The number of carboxylic acids is 1. The van der Waals surface area contributed by atoms with Crippen LogP contribution in [-0.4, -0.2) is 11.1 Å². The molecular formula is C12H18O2. The van der Waals surface area contributed by atoms with Gasteiger partial charge in [-0.15, -0.1) is 0 Å². The summed E-state index contributed by atoms with van der Waals surface area (Å²) in [4.78, 5) is 10.9. The summed E-state index contributed by atoms with van der Waals surface area (Å²) in [5.41, 5.74) is 1.48. The van der Waals surface area contributed by atoms with E-state index in [1.807, 2.05) is 0 Å². The van der Waals surface area contributed by atoms with E-state index in [0.29, 0.717) is 0 Å². The van der Waals surface area contributed by atoms with Gasteiger partial charge in [0.1, 0.15) is 0 Å². The van der Waals surface area contributed by atoms with Crippen LogP contribution in [0.4, 0.5) is 0 Å². The monoisotopic (exact) mass is 194 g/mol. The first-order valence-corrected chi connectivity index (χ1v) is 5.46. The van der Waals surface area contributed by atoms with Crippen LogP contribution in [0.3, 0.4) is 0 Å². The van der Waals surface area contributed by atoms with E-state index in [1.165, 1.54) is 31.3 Å². The van der Waals surface area contributed by atoms with Gasteiger partial charge in [0.15, 0.2) is 0 Å². The molecule has 0 unspecified atom stereocenters. The minimum Gasteiger partial charge on any atom is -0.481 e. The highest BCUT2D eigenvalue weighted by molar-refractivity contribution is 5.76. The topological polar surface area (TPSA) is 37.3 Å². The summed E-state index contributed by atoms with van der Waals surface area (Å²) in [6.45, 7) is 4.12. The summed E-state index contributed by atoms with van der Waals surface area (Å²) in [6.07, 6.45) is 7.21. The highest BCUT2D eigenvalue weighted by atomic mass is 16.4. The van der Waals surface area contributed by atoms with E-state index in [0.717, 1.165) is 0 Å². The van der Waals surface area contributed by atoms with Crippen LogP contribution in [0.15, 0.2) is 11.6 Å². The molecule has 2 aliphatic rings. The van der Waals surface area contributed by atoms with E-state index in [1.54, 1.807) is 0 Å². The van der Waals surface area contributed by atoms with E-state index in [2.05, 4.69) is 19.9 Å². The van der Waals surface area contributed by atoms with Gasteiger partial charge in [-0.05, 0) is 37.0 Å². The summed E-state index contributed by atoms with van der Waals surface area (Å²) >= 11 is 0. The maximum Gasteiger partial charge on any atom is 0.307 e. The zero-order valence-corrected chi connectivity index (χ0v) is 8.92. The molecule has 0 bridgehead atoms. The number of hydrogen-bond donors (Lipinski definition) is 1. The molecule has 78 valence electrons. The molecule has 0 heterocycles. The lowest BCUT2D eigenvalue weighted by molar-refractivity contribution is -0.139. The van der Waals surface area contributed by atoms with Gasteiger partial charge in [-0.1, -0.05) is 25.5 Å². The standard InChI is InChI=1S/C12H18O2/c1-12(2)9(10(12)11(13)14)7-8-5-3-4-6-8/h7,9-10H,3-6H2,1-2H3,(H,13,14)/t9-,10+/m0/s1. The van der Waals surface area contributed by atoms with Crippen molar-refractivity contribution in [2.75, 3.05) is 0 Å². The van der Waals surface area contributed by atoms with Gasteiger partial charge < -0.3 is 5.11 Å². The second kappa shape index (κ2) is 3.11. The van der Waals surface area contributed by atoms with E-state index in [-0.39, 0.29) is 17.3 Å². The molecule has 0 amide bonds. The number of rotatable bonds is 2. The van der Waals surface area contributed by atoms with Crippen molar-refractivity contribution in [2.24, 2.45) is 17.3 Å². The summed E-state index contributed by atoms with van der Waals surface area (Å²) in [5, 5.41) is 9.00. The molecule has 2 heteroatoms. The Morgan fingerprint density at radius 2 is 2.00 bits per heavy atom. The molecule has 2 aliphatic carbocycles. The van der Waals surface area contributed by atoms with Gasteiger partial charge in [0, 0.05) is 0 Å². The Labute approximate surface area is 85.0 Å². The molecule has 2 rings (SSSR count). The van der Waals surface area contributed by atoms with Gasteiger partial charge in [-0.2, -0.15) is 0 Å². The highest BCUT2D eigenvalue weighted by Crippen LogP contribution is 2.59. The van der Waals surface area contributed by atoms with Crippen molar-refractivity contribution in [3.8, 4) is 0 Å². The minimum atomic E-state index is -0.630. The fourth-order valence-electron chi connectivity index (χ4n) is 2.71. The number of hydrogen-bond acceptors (Lipinski definition) is 1. The van der Waals surface area contributed by atoms with Crippen LogP contribution in [0.5, 0.6) is 0 Å². The van der Waals surface area contributed by atoms with Crippen molar-refractivity contribution in [3.63, 3.8) is 0 Å². The first-order chi connectivity index (χ1) is 6.53. The van der Waals surface area contributed by atoms with Gasteiger partial charge in [0.2, 0.25) is 0 Å². The average molecular weight is 194 g/mol. The molecule has 0 spiro atoms. The Morgan fingerprint density at radius 3 is 2.43 bits per heavy atom. The third kappa shape index (κ3) is 1.47. The predicted octanol–water partition coefficient (Wildman–Crippen LogP) is 2.84. The quantitative estimate of drug-likeness (QED) is 0.686. The van der Waals surface area contributed by atoms with Crippen molar-refractivity contribution in [1.29, 1.82) is 0 Å². The number of carbonyl (C=O) groups is 1. The van der Waals surface area contributed by atoms with Crippen LogP contribution >= 0.6 is 0 Å². The minimum absolute atomic E-state index is 0.0125. The van der Waals surface area contributed by atoms with Gasteiger partial charge in [0.25, 0.3) is 0 Å². The summed E-state index contributed by atoms with van der Waals surface area (Å²) < 4.78 is 0. The van der Waals surface area contributed by atoms with Crippen LogP contribution in [0, 0.1) is 17.3 Å². The Morgan fingerprint density at radius 1 is 1.43 bits per heavy atom. The van der Waals surface area contributed by atoms with Crippen molar-refractivity contribution in [2.45, 2.75) is 39.5 Å². The van der Waals surface area contributed by atoms with E-state index >= 15 is 0 Å². The third-order valence-corrected chi connectivity index (χ3v) is 3.84. The molecule has 0 radical (unpaired) electrons. The van der Waals surface area contributed by atoms with Crippen molar-refractivity contribution < 1.29 is 9.90 Å². The Bertz CT molecular complexity index is 281. The smallest absolute Gasteiger partial charge is 0.307 e. The lowest BCUT2D eigenvalue weighted by Crippen LogP contribution is -2.03. The lowest BCUT2D eigenvalue weighted by Gasteiger charge is -1.98. The third-order valence-electron chi connectivity index (χ3n) is 3.84. The molecule has 14 heavy (non-hydrogen) atoms. The fraction of sp³-hybridized carbons (Fsp3) is 0.750. The summed E-state index contributed by atoms with van der Waals surface area (Å²) in [7, 11) is 0. The van der Waals surface area contributed by atoms with E-state index in [4.69, 9.17) is 5.11 Å². The first-order valence-electron chi connectivity index (χ1n) is 5.46. The van der Waals surface area contributed by atoms with Crippen molar-refractivity contribution in [3.05, 3.63) is 11.6 Å². The maximum atomic E-state index is 10.9. The molecule has 0 saturated heterocycles. The van der Waals surface area contributed by atoms with Gasteiger partial charge >= 0.3 is 5.97 Å². The summed E-state index contributed by atoms with van der Waals surface area (Å²) in [6, 6.07) is 0. The van der Waals surface area contributed by atoms with Crippen LogP contribution in [0.1, 0.15) is 39.5 Å². The van der Waals surface area contributed by atoms with Crippen LogP contribution in [0.25, 0.3) is 0 Å². The predicted molar refractivity (Wildman–Crippen MR) is 54.9 cm³/mol. The molecule has 2 fully saturated rings. The van der Waals surface area contributed by atoms with Crippen molar-refractivity contribution in [1.82, 2.24) is 0 Å². The van der Waals surface area contributed by atoms with Gasteiger partial charge in [0.05, 0.1) is 5.92 Å². The molecule has 2 saturated carbocycles. The normalized spacial score (nSPS) is 34.3. The van der Waals surface area contributed by atoms with Gasteiger partial charge in [-0.3, -0.25) is 4.79 Å². The highest BCUT2D eigenvalue weighted by Gasteiger charge is 2.60. The summed E-state index contributed by atoms with van der Waals surface area (Å²) in [5.74, 6) is -0.487. The maximum absolute atomic E-state index is 10.9. The van der Waals surface area contributed by atoms with E-state index in [9.17, 15) is 4.79 Å². The van der Waals surface area contributed by atoms with Crippen molar-refractivity contribution >= 4 is 5.97 Å². The van der Waals surface area contributed by atoms with Gasteiger partial charge in [-0.25, -0.2) is 0 Å². The lowest BCUT2D eigenvalue weighted by atomic mass is 10.1. The number of aliphatic carboxylic acids is 1. The zero-order chi connectivity index (χ0) is 10.3. The first kappa shape index (κ1) is 9.75. The Hall–Kier alpha value is -0.790. The second-order valence-corrected chi connectivity index (χ2v) is 5.20. The largest absolute Gasteiger partial charge is 0.481 e. The Balaban J connectivity index is 2.07. The number of carboxylic acid groups (broad SMARTS) is 1. The average Bonchev–Trinajstić information content (AvgIpc) is 2.50. The zero-order valence-electron chi connectivity index (χ0n) is 8.92. The van der Waals surface area contributed by atoms with E-state index < -0.39 is 5.97 Å². The number of allylic oxidation sites excluding steroid dienone is 2. The second-order valence-electron chi connectivity index (χ2n) is 5.20. The molecule has 0 aromatic heterocycles. The Kier molecular flexibility index (Phi) is 2.17. The molecule has 0 aromatic rings. The van der Waals surface area contributed by atoms with Crippen LogP contribution in [0.2, 0.25) is 0 Å². The molecule has 1 N–H and O–H groups in total. The SMILES string of the molecule is CC1(C)[C@@H](C=C2CCCC2)[C@@H]1C(=O)O. The van der Waals surface area contributed by atoms with Crippen LogP contribution in [-0.2, 0) is 4.79 Å². The molecule has 2 atom stereocenters. The molecule has 2 nitrogen and oxygen atoms in total. The molecule has 0 aliphatic heterocycles. The van der Waals surface area contributed by atoms with Crippen LogP contribution < -0.4 is 0 Å². The molecule has 0 aromatic carbocycles. The fourth-order valence-corrected chi connectivity index (χ4v) is 2.71.